The van der Waals surface area contributed by atoms with Crippen molar-refractivity contribution in [2.24, 2.45) is 0 Å². The van der Waals surface area contributed by atoms with Crippen molar-refractivity contribution in [3.63, 3.8) is 0 Å². The largest absolute Gasteiger partial charge is 0.349 e. The van der Waals surface area contributed by atoms with Gasteiger partial charge in [-0.15, -0.1) is 11.3 Å². The molecule has 142 valence electrons. The summed E-state index contributed by atoms with van der Waals surface area (Å²) in [5.41, 5.74) is 1.76. The van der Waals surface area contributed by atoms with Gasteiger partial charge in [-0.25, -0.2) is 14.2 Å². The molecule has 0 saturated carbocycles. The molecule has 0 N–H and O–H groups in total. The fourth-order valence-corrected chi connectivity index (χ4v) is 5.35. The molecule has 0 radical (unpaired) electrons. The highest BCUT2D eigenvalue weighted by Crippen LogP contribution is 2.35. The SMILES string of the molecule is O=c1nc(-c2cccs2)c2nc(N3CCCC3)sc2n1Cc1cccc(F)c1. The van der Waals surface area contributed by atoms with Gasteiger partial charge in [-0.1, -0.05) is 29.5 Å². The Bertz CT molecular complexity index is 1190. The van der Waals surface area contributed by atoms with E-state index in [1.165, 1.54) is 23.5 Å². The summed E-state index contributed by atoms with van der Waals surface area (Å²) in [5, 5.41) is 2.89. The molecular formula is C20H17FN4OS2. The lowest BCUT2D eigenvalue weighted by Crippen LogP contribution is -2.24. The van der Waals surface area contributed by atoms with Crippen molar-refractivity contribution >= 4 is 38.2 Å². The van der Waals surface area contributed by atoms with Crippen LogP contribution in [0.4, 0.5) is 9.52 Å². The highest BCUT2D eigenvalue weighted by molar-refractivity contribution is 7.22. The van der Waals surface area contributed by atoms with E-state index in [-0.39, 0.29) is 18.1 Å². The third-order valence-electron chi connectivity index (χ3n) is 4.87. The van der Waals surface area contributed by atoms with E-state index in [9.17, 15) is 9.18 Å². The number of hydrogen-bond acceptors (Lipinski definition) is 6. The van der Waals surface area contributed by atoms with Gasteiger partial charge in [0.25, 0.3) is 0 Å². The number of halogens is 1. The summed E-state index contributed by atoms with van der Waals surface area (Å²) >= 11 is 3.06. The molecular weight excluding hydrogens is 395 g/mol. The third kappa shape index (κ3) is 3.12. The number of aromatic nitrogens is 3. The van der Waals surface area contributed by atoms with Crippen molar-refractivity contribution in [1.82, 2.24) is 14.5 Å². The van der Waals surface area contributed by atoms with Gasteiger partial charge in [-0.2, -0.15) is 4.98 Å². The molecule has 1 saturated heterocycles. The Morgan fingerprint density at radius 3 is 2.71 bits per heavy atom. The molecule has 1 fully saturated rings. The highest BCUT2D eigenvalue weighted by Gasteiger charge is 2.22. The Labute approximate surface area is 168 Å². The Morgan fingerprint density at radius 2 is 1.96 bits per heavy atom. The molecule has 0 unspecified atom stereocenters. The maximum atomic E-state index is 13.6. The van der Waals surface area contributed by atoms with Gasteiger partial charge in [0.1, 0.15) is 21.9 Å². The van der Waals surface area contributed by atoms with Crippen LogP contribution in [-0.2, 0) is 6.54 Å². The summed E-state index contributed by atoms with van der Waals surface area (Å²) < 4.78 is 15.2. The van der Waals surface area contributed by atoms with E-state index >= 15 is 0 Å². The van der Waals surface area contributed by atoms with Crippen LogP contribution in [0.1, 0.15) is 18.4 Å². The van der Waals surface area contributed by atoms with E-state index in [1.54, 1.807) is 22.0 Å². The quantitative estimate of drug-likeness (QED) is 0.499. The minimum Gasteiger partial charge on any atom is -0.348 e. The first-order chi connectivity index (χ1) is 13.7. The van der Waals surface area contributed by atoms with Crippen LogP contribution in [0.25, 0.3) is 20.9 Å². The van der Waals surface area contributed by atoms with E-state index in [1.807, 2.05) is 23.6 Å². The van der Waals surface area contributed by atoms with Gasteiger partial charge in [0.2, 0.25) is 0 Å². The molecule has 0 amide bonds. The van der Waals surface area contributed by atoms with E-state index in [4.69, 9.17) is 4.98 Å². The van der Waals surface area contributed by atoms with Gasteiger partial charge in [-0.05, 0) is 42.0 Å². The summed E-state index contributed by atoms with van der Waals surface area (Å²) in [4.78, 5) is 26.1. The van der Waals surface area contributed by atoms with Crippen LogP contribution in [0.15, 0.2) is 46.6 Å². The maximum absolute atomic E-state index is 13.6. The molecule has 1 aliphatic rings. The summed E-state index contributed by atoms with van der Waals surface area (Å²) in [5.74, 6) is -0.313. The predicted molar refractivity (Wildman–Crippen MR) is 112 cm³/mol. The van der Waals surface area contributed by atoms with Gasteiger partial charge in [0, 0.05) is 13.1 Å². The Kier molecular flexibility index (Phi) is 4.44. The number of rotatable bonds is 4. The zero-order valence-corrected chi connectivity index (χ0v) is 16.6. The van der Waals surface area contributed by atoms with Crippen LogP contribution in [0.2, 0.25) is 0 Å². The van der Waals surface area contributed by atoms with E-state index in [2.05, 4.69) is 9.88 Å². The number of thiazole rings is 1. The molecule has 1 aromatic carbocycles. The Balaban J connectivity index is 1.70. The van der Waals surface area contributed by atoms with Crippen molar-refractivity contribution in [2.45, 2.75) is 19.4 Å². The first-order valence-electron chi connectivity index (χ1n) is 9.14. The first-order valence-corrected chi connectivity index (χ1v) is 10.8. The minimum atomic E-state index is -0.336. The summed E-state index contributed by atoms with van der Waals surface area (Å²) in [6, 6.07) is 10.2. The predicted octanol–water partition coefficient (Wildman–Crippen LogP) is 4.37. The monoisotopic (exact) mass is 412 g/mol. The minimum absolute atomic E-state index is 0.270. The Morgan fingerprint density at radius 1 is 1.11 bits per heavy atom. The molecule has 0 bridgehead atoms. The summed E-state index contributed by atoms with van der Waals surface area (Å²) in [6.07, 6.45) is 2.31. The molecule has 28 heavy (non-hydrogen) atoms. The van der Waals surface area contributed by atoms with Gasteiger partial charge in [-0.3, -0.25) is 4.57 Å². The third-order valence-corrected chi connectivity index (χ3v) is 6.88. The lowest BCUT2D eigenvalue weighted by atomic mass is 10.2. The number of fused-ring (bicyclic) bond motifs is 1. The second-order valence-electron chi connectivity index (χ2n) is 6.78. The number of benzene rings is 1. The highest BCUT2D eigenvalue weighted by atomic mass is 32.1. The molecule has 3 aromatic heterocycles. The topological polar surface area (TPSA) is 51.0 Å². The summed E-state index contributed by atoms with van der Waals surface area (Å²) in [7, 11) is 0. The van der Waals surface area contributed by atoms with Crippen molar-refractivity contribution in [2.75, 3.05) is 18.0 Å². The molecule has 1 aliphatic heterocycles. The second-order valence-corrected chi connectivity index (χ2v) is 8.68. The zero-order valence-electron chi connectivity index (χ0n) is 15.0. The molecule has 4 aromatic rings. The molecule has 5 rings (SSSR count). The average molecular weight is 413 g/mol. The fraction of sp³-hybridized carbons (Fsp3) is 0.250. The number of hydrogen-bond donors (Lipinski definition) is 0. The second kappa shape index (κ2) is 7.10. The van der Waals surface area contributed by atoms with E-state index in [0.717, 1.165) is 51.9 Å². The van der Waals surface area contributed by atoms with Crippen LogP contribution in [-0.4, -0.2) is 27.6 Å². The number of anilines is 1. The fourth-order valence-electron chi connectivity index (χ4n) is 3.52. The molecule has 0 spiro atoms. The molecule has 5 nitrogen and oxygen atoms in total. The van der Waals surface area contributed by atoms with Crippen LogP contribution in [0.3, 0.4) is 0 Å². The standard InChI is InChI=1S/C20H17FN4OS2/c21-14-6-3-5-13(11-14)12-25-18-17(23-20(28-18)24-8-1-2-9-24)16(22-19(25)26)15-7-4-10-27-15/h3-7,10-11H,1-2,8-9,12H2. The lowest BCUT2D eigenvalue weighted by molar-refractivity contribution is 0.623. The van der Waals surface area contributed by atoms with Crippen molar-refractivity contribution in [3.05, 3.63) is 63.6 Å². The van der Waals surface area contributed by atoms with Crippen LogP contribution < -0.4 is 10.6 Å². The van der Waals surface area contributed by atoms with Crippen molar-refractivity contribution in [3.8, 4) is 10.6 Å². The van der Waals surface area contributed by atoms with Gasteiger partial charge >= 0.3 is 5.69 Å². The first kappa shape index (κ1) is 17.5. The molecule has 8 heteroatoms. The van der Waals surface area contributed by atoms with E-state index < -0.39 is 0 Å². The van der Waals surface area contributed by atoms with Crippen molar-refractivity contribution < 1.29 is 4.39 Å². The molecule has 0 atom stereocenters. The van der Waals surface area contributed by atoms with Gasteiger partial charge < -0.3 is 4.90 Å². The molecule has 0 aliphatic carbocycles. The van der Waals surface area contributed by atoms with Crippen LogP contribution in [0, 0.1) is 5.82 Å². The number of thiophene rings is 1. The van der Waals surface area contributed by atoms with Crippen LogP contribution in [0.5, 0.6) is 0 Å². The van der Waals surface area contributed by atoms with E-state index in [0.29, 0.717) is 5.69 Å². The van der Waals surface area contributed by atoms with Gasteiger partial charge in [0.05, 0.1) is 11.4 Å². The maximum Gasteiger partial charge on any atom is 0.349 e. The summed E-state index contributed by atoms with van der Waals surface area (Å²) in [6.45, 7) is 2.23. The Hall–Kier alpha value is -2.58. The zero-order chi connectivity index (χ0) is 19.1. The normalized spacial score (nSPS) is 14.2. The number of nitrogens with zero attached hydrogens (tertiary/aromatic N) is 4. The average Bonchev–Trinajstić information content (AvgIpc) is 3.45. The van der Waals surface area contributed by atoms with Gasteiger partial charge in [0.15, 0.2) is 5.13 Å². The smallest absolute Gasteiger partial charge is 0.348 e. The van der Waals surface area contributed by atoms with Crippen LogP contribution >= 0.6 is 22.7 Å². The van der Waals surface area contributed by atoms with Crippen molar-refractivity contribution in [1.29, 1.82) is 0 Å². The lowest BCUT2D eigenvalue weighted by Gasteiger charge is -2.11. The molecule has 4 heterocycles.